The fourth-order valence-corrected chi connectivity index (χ4v) is 4.45. The van der Waals surface area contributed by atoms with E-state index in [-0.39, 0.29) is 29.5 Å². The van der Waals surface area contributed by atoms with Crippen molar-refractivity contribution in [3.05, 3.63) is 23.8 Å². The van der Waals surface area contributed by atoms with Crippen LogP contribution in [0.4, 0.5) is 0 Å². The number of hydrogen-bond donors (Lipinski definition) is 1. The molecule has 0 radical (unpaired) electrons. The molecular formula is C17H26O4Si. The van der Waals surface area contributed by atoms with Gasteiger partial charge >= 0.3 is 0 Å². The van der Waals surface area contributed by atoms with Gasteiger partial charge in [-0.2, -0.15) is 0 Å². The third kappa shape index (κ3) is 3.36. The van der Waals surface area contributed by atoms with Crippen molar-refractivity contribution in [2.24, 2.45) is 5.41 Å². The predicted octanol–water partition coefficient (Wildman–Crippen LogP) is 3.53. The number of fused-ring (bicyclic) bond motifs is 1. The second kappa shape index (κ2) is 5.70. The van der Waals surface area contributed by atoms with E-state index in [2.05, 4.69) is 33.9 Å². The molecule has 1 aromatic carbocycles. The summed E-state index contributed by atoms with van der Waals surface area (Å²) in [6.07, 6.45) is 0.0875. The van der Waals surface area contributed by atoms with Gasteiger partial charge in [0.2, 0.25) is 0 Å². The SMILES string of the molecule is C[SiH](C)OC(C(C)(C)C)C1(C)CC(=O)c2cc(O)ccc2O1. The number of rotatable bonds is 3. The Morgan fingerprint density at radius 1 is 1.36 bits per heavy atom. The largest absolute Gasteiger partial charge is 0.508 e. The van der Waals surface area contributed by atoms with Gasteiger partial charge < -0.3 is 14.3 Å². The first-order valence-corrected chi connectivity index (χ1v) is 10.5. The number of ketones is 1. The van der Waals surface area contributed by atoms with Crippen LogP contribution in [0, 0.1) is 5.41 Å². The lowest BCUT2D eigenvalue weighted by Gasteiger charge is -2.47. The van der Waals surface area contributed by atoms with Crippen molar-refractivity contribution in [2.75, 3.05) is 0 Å². The average molecular weight is 322 g/mol. The Labute approximate surface area is 134 Å². The number of phenols is 1. The molecule has 0 amide bonds. The molecule has 22 heavy (non-hydrogen) atoms. The summed E-state index contributed by atoms with van der Waals surface area (Å²) in [5.41, 5.74) is -0.385. The molecule has 0 aromatic heterocycles. The predicted molar refractivity (Wildman–Crippen MR) is 89.3 cm³/mol. The standard InChI is InChI=1S/C17H26O4Si/c1-16(2,3)15(21-22(5)6)17(4)10-13(19)12-9-11(18)7-8-14(12)20-17/h7-9,15,18,22H,10H2,1-6H3. The van der Waals surface area contributed by atoms with Gasteiger partial charge in [0.05, 0.1) is 18.1 Å². The second-order valence-electron chi connectivity index (χ2n) is 7.63. The molecule has 0 bridgehead atoms. The van der Waals surface area contributed by atoms with Crippen molar-refractivity contribution in [1.82, 2.24) is 0 Å². The van der Waals surface area contributed by atoms with Gasteiger partial charge in [-0.05, 0) is 43.6 Å². The van der Waals surface area contributed by atoms with E-state index in [4.69, 9.17) is 9.16 Å². The van der Waals surface area contributed by atoms with E-state index in [1.165, 1.54) is 6.07 Å². The zero-order valence-electron chi connectivity index (χ0n) is 14.3. The minimum atomic E-state index is -1.29. The summed E-state index contributed by atoms with van der Waals surface area (Å²) in [7, 11) is -1.29. The van der Waals surface area contributed by atoms with Crippen molar-refractivity contribution in [3.8, 4) is 11.5 Å². The summed E-state index contributed by atoms with van der Waals surface area (Å²) in [6.45, 7) is 12.5. The molecule has 2 atom stereocenters. The molecule has 122 valence electrons. The van der Waals surface area contributed by atoms with Crippen molar-refractivity contribution < 1.29 is 19.1 Å². The highest BCUT2D eigenvalue weighted by Crippen LogP contribution is 2.42. The smallest absolute Gasteiger partial charge is 0.171 e. The summed E-state index contributed by atoms with van der Waals surface area (Å²) in [4.78, 5) is 12.5. The quantitative estimate of drug-likeness (QED) is 0.865. The number of benzene rings is 1. The minimum absolute atomic E-state index is 0.0112. The summed E-state index contributed by atoms with van der Waals surface area (Å²) in [5.74, 6) is 0.597. The van der Waals surface area contributed by atoms with Gasteiger partial charge in [0.15, 0.2) is 14.8 Å². The molecular weight excluding hydrogens is 296 g/mol. The Morgan fingerprint density at radius 2 is 2.00 bits per heavy atom. The third-order valence-corrected chi connectivity index (χ3v) is 4.68. The van der Waals surface area contributed by atoms with Crippen LogP contribution in [0.3, 0.4) is 0 Å². The zero-order chi connectivity index (χ0) is 16.7. The van der Waals surface area contributed by atoms with Crippen LogP contribution in [0.5, 0.6) is 11.5 Å². The minimum Gasteiger partial charge on any atom is -0.508 e. The molecule has 0 spiro atoms. The lowest BCUT2D eigenvalue weighted by Crippen LogP contribution is -2.56. The molecule has 1 aliphatic rings. The Morgan fingerprint density at radius 3 is 2.55 bits per heavy atom. The molecule has 0 saturated carbocycles. The maximum atomic E-state index is 12.5. The van der Waals surface area contributed by atoms with Crippen molar-refractivity contribution in [3.63, 3.8) is 0 Å². The monoisotopic (exact) mass is 322 g/mol. The summed E-state index contributed by atoms with van der Waals surface area (Å²) in [6, 6.07) is 4.68. The number of Topliss-reactive ketones (excluding diaryl/α,β-unsaturated/α-hetero) is 1. The highest BCUT2D eigenvalue weighted by molar-refractivity contribution is 6.48. The van der Waals surface area contributed by atoms with E-state index in [0.29, 0.717) is 11.3 Å². The molecule has 1 aromatic rings. The fourth-order valence-electron chi connectivity index (χ4n) is 3.21. The van der Waals surface area contributed by atoms with Crippen molar-refractivity contribution >= 4 is 14.8 Å². The normalized spacial score (nSPS) is 23.1. The van der Waals surface area contributed by atoms with Gasteiger partial charge in [-0.25, -0.2) is 0 Å². The Balaban J connectivity index is 2.41. The molecule has 0 saturated heterocycles. The number of aromatic hydroxyl groups is 1. The van der Waals surface area contributed by atoms with E-state index in [1.807, 2.05) is 6.92 Å². The second-order valence-corrected chi connectivity index (χ2v) is 10.00. The van der Waals surface area contributed by atoms with E-state index >= 15 is 0 Å². The van der Waals surface area contributed by atoms with Gasteiger partial charge in [-0.15, -0.1) is 0 Å². The van der Waals surface area contributed by atoms with Gasteiger partial charge in [0, 0.05) is 0 Å². The zero-order valence-corrected chi connectivity index (χ0v) is 15.4. The number of ether oxygens (including phenoxy) is 1. The van der Waals surface area contributed by atoms with E-state index in [0.717, 1.165) is 0 Å². The molecule has 1 aliphatic heterocycles. The van der Waals surface area contributed by atoms with Gasteiger partial charge in [-0.1, -0.05) is 20.8 Å². The number of phenolic OH excluding ortho intramolecular Hbond substituents is 1. The molecule has 1 N–H and O–H groups in total. The van der Waals surface area contributed by atoms with Crippen LogP contribution in [0.1, 0.15) is 44.5 Å². The van der Waals surface area contributed by atoms with E-state index in [9.17, 15) is 9.90 Å². The van der Waals surface area contributed by atoms with Gasteiger partial charge in [-0.3, -0.25) is 4.79 Å². The van der Waals surface area contributed by atoms with Crippen LogP contribution in [0.25, 0.3) is 0 Å². The molecule has 4 nitrogen and oxygen atoms in total. The average Bonchev–Trinajstić information content (AvgIpc) is 2.35. The fraction of sp³-hybridized carbons (Fsp3) is 0.588. The van der Waals surface area contributed by atoms with Crippen LogP contribution in [-0.4, -0.2) is 31.6 Å². The van der Waals surface area contributed by atoms with Crippen molar-refractivity contribution in [1.29, 1.82) is 0 Å². The lowest BCUT2D eigenvalue weighted by atomic mass is 9.75. The Kier molecular flexibility index (Phi) is 4.41. The molecule has 0 fully saturated rings. The third-order valence-electron chi connectivity index (χ3n) is 3.87. The number of carbonyl (C=O) groups excluding carboxylic acids is 1. The molecule has 0 aliphatic carbocycles. The van der Waals surface area contributed by atoms with Gasteiger partial charge in [0.25, 0.3) is 0 Å². The summed E-state index contributed by atoms with van der Waals surface area (Å²) in [5, 5.41) is 9.57. The first-order chi connectivity index (χ1) is 10.0. The summed E-state index contributed by atoms with van der Waals surface area (Å²) >= 11 is 0. The topological polar surface area (TPSA) is 55.8 Å². The first-order valence-electron chi connectivity index (χ1n) is 7.73. The highest BCUT2D eigenvalue weighted by atomic mass is 28.3. The highest BCUT2D eigenvalue weighted by Gasteiger charge is 2.48. The summed E-state index contributed by atoms with van der Waals surface area (Å²) < 4.78 is 12.5. The Hall–Kier alpha value is -1.33. The van der Waals surface area contributed by atoms with Gasteiger partial charge in [0.1, 0.15) is 17.1 Å². The van der Waals surface area contributed by atoms with E-state index < -0.39 is 14.6 Å². The van der Waals surface area contributed by atoms with Crippen LogP contribution < -0.4 is 4.74 Å². The molecule has 1 heterocycles. The van der Waals surface area contributed by atoms with E-state index in [1.54, 1.807) is 12.1 Å². The van der Waals surface area contributed by atoms with Crippen molar-refractivity contribution in [2.45, 2.75) is 58.9 Å². The van der Waals surface area contributed by atoms with Crippen LogP contribution >= 0.6 is 0 Å². The maximum Gasteiger partial charge on any atom is 0.171 e. The lowest BCUT2D eigenvalue weighted by molar-refractivity contribution is -0.0831. The number of carbonyl (C=O) groups is 1. The van der Waals surface area contributed by atoms with Crippen LogP contribution in [0.15, 0.2) is 18.2 Å². The number of hydrogen-bond acceptors (Lipinski definition) is 4. The Bertz CT molecular complexity index is 577. The van der Waals surface area contributed by atoms with Crippen LogP contribution in [-0.2, 0) is 4.43 Å². The molecule has 2 rings (SSSR count). The first kappa shape index (κ1) is 17.0. The molecule has 5 heteroatoms. The van der Waals surface area contributed by atoms with Crippen LogP contribution in [0.2, 0.25) is 13.1 Å². The molecule has 2 unspecified atom stereocenters. The maximum absolute atomic E-state index is 12.5.